The Morgan fingerprint density at radius 2 is 2.12 bits per heavy atom. The van der Waals surface area contributed by atoms with Gasteiger partial charge in [-0.1, -0.05) is 36.0 Å². The van der Waals surface area contributed by atoms with E-state index in [-0.39, 0.29) is 29.5 Å². The number of nitrogens with zero attached hydrogens (tertiary/aromatic N) is 2. The number of nitrogens with one attached hydrogen (secondary N) is 2. The number of anilines is 1. The normalized spacial score (nSPS) is 22.6. The molecule has 4 rings (SSSR count). The number of amidine groups is 1. The maximum atomic E-state index is 13.0. The van der Waals surface area contributed by atoms with Crippen molar-refractivity contribution >= 4 is 45.6 Å². The van der Waals surface area contributed by atoms with Crippen LogP contribution in [0, 0.1) is 5.92 Å². The Bertz CT molecular complexity index is 807. The molecule has 2 unspecified atom stereocenters. The summed E-state index contributed by atoms with van der Waals surface area (Å²) in [6, 6.07) is 13.1. The zero-order valence-corrected chi connectivity index (χ0v) is 14.8. The maximum Gasteiger partial charge on any atom is 0.241 e. The number of aliphatic imine (C=N–C) groups is 1. The van der Waals surface area contributed by atoms with Crippen molar-refractivity contribution in [3.8, 4) is 0 Å². The molecule has 1 fully saturated rings. The number of ketones is 1. The highest BCUT2D eigenvalue weighted by Gasteiger charge is 2.42. The number of thiophene rings is 1. The number of amides is 1. The SMILES string of the molecule is O=C(CSC1=NC2NNCC2C(=O)N1c1ccccc1)c1cccs1. The van der Waals surface area contributed by atoms with E-state index in [1.807, 2.05) is 47.8 Å². The number of fused-ring (bicyclic) bond motifs is 1. The lowest BCUT2D eigenvalue weighted by atomic mass is 10.1. The Hall–Kier alpha value is -2.00. The van der Waals surface area contributed by atoms with E-state index in [0.717, 1.165) is 10.6 Å². The minimum Gasteiger partial charge on any atom is -0.292 e. The topological polar surface area (TPSA) is 73.8 Å². The molecule has 0 saturated carbocycles. The molecule has 128 valence electrons. The van der Waals surface area contributed by atoms with Crippen molar-refractivity contribution in [1.29, 1.82) is 0 Å². The summed E-state index contributed by atoms with van der Waals surface area (Å²) < 4.78 is 0. The van der Waals surface area contributed by atoms with Gasteiger partial charge in [-0.3, -0.25) is 19.9 Å². The molecule has 0 bridgehead atoms. The van der Waals surface area contributed by atoms with Gasteiger partial charge in [-0.2, -0.15) is 0 Å². The highest BCUT2D eigenvalue weighted by Crippen LogP contribution is 2.29. The number of Topliss-reactive ketones (excluding diaryl/α,β-unsaturated/α-hetero) is 1. The van der Waals surface area contributed by atoms with Gasteiger partial charge in [0.1, 0.15) is 6.17 Å². The lowest BCUT2D eigenvalue weighted by molar-refractivity contribution is -0.121. The number of hydrogen-bond acceptors (Lipinski definition) is 7. The zero-order valence-electron chi connectivity index (χ0n) is 13.2. The summed E-state index contributed by atoms with van der Waals surface area (Å²) in [7, 11) is 0. The van der Waals surface area contributed by atoms with Crippen LogP contribution in [0.5, 0.6) is 0 Å². The van der Waals surface area contributed by atoms with Crippen molar-refractivity contribution in [2.45, 2.75) is 6.17 Å². The first kappa shape index (κ1) is 16.5. The van der Waals surface area contributed by atoms with Gasteiger partial charge in [0.15, 0.2) is 11.0 Å². The van der Waals surface area contributed by atoms with Crippen LogP contribution in [-0.2, 0) is 4.79 Å². The molecule has 0 spiro atoms. The number of rotatable bonds is 4. The van der Waals surface area contributed by atoms with Crippen LogP contribution < -0.4 is 15.8 Å². The molecular formula is C17H16N4O2S2. The molecule has 3 heterocycles. The second-order valence-corrected chi connectivity index (χ2v) is 7.58. The molecular weight excluding hydrogens is 356 g/mol. The van der Waals surface area contributed by atoms with E-state index in [4.69, 9.17) is 0 Å². The molecule has 2 N–H and O–H groups in total. The van der Waals surface area contributed by atoms with Gasteiger partial charge >= 0.3 is 0 Å². The van der Waals surface area contributed by atoms with Crippen molar-refractivity contribution in [1.82, 2.24) is 10.9 Å². The molecule has 2 aliphatic rings. The molecule has 2 atom stereocenters. The Labute approximate surface area is 153 Å². The summed E-state index contributed by atoms with van der Waals surface area (Å²) in [5.74, 6) is 0.0518. The standard InChI is InChI=1S/C17H16N4O2S2/c22-13(14-7-4-8-24-14)10-25-17-19-15-12(9-18-20-15)16(23)21(17)11-5-2-1-3-6-11/h1-8,12,15,18,20H,9-10H2. The van der Waals surface area contributed by atoms with Crippen molar-refractivity contribution in [3.05, 3.63) is 52.7 Å². The van der Waals surface area contributed by atoms with Gasteiger partial charge < -0.3 is 0 Å². The molecule has 6 nitrogen and oxygen atoms in total. The van der Waals surface area contributed by atoms with E-state index in [2.05, 4.69) is 15.8 Å². The lowest BCUT2D eigenvalue weighted by Crippen LogP contribution is -2.49. The zero-order chi connectivity index (χ0) is 17.2. The van der Waals surface area contributed by atoms with E-state index >= 15 is 0 Å². The summed E-state index contributed by atoms with van der Waals surface area (Å²) in [5, 5.41) is 2.44. The van der Waals surface area contributed by atoms with Crippen LogP contribution in [0.1, 0.15) is 9.67 Å². The van der Waals surface area contributed by atoms with Gasteiger partial charge in [0.05, 0.1) is 22.2 Å². The highest BCUT2D eigenvalue weighted by molar-refractivity contribution is 8.14. The average molecular weight is 372 g/mol. The van der Waals surface area contributed by atoms with Gasteiger partial charge in [0.25, 0.3) is 0 Å². The first-order valence-corrected chi connectivity index (χ1v) is 9.75. The predicted molar refractivity (Wildman–Crippen MR) is 101 cm³/mol. The summed E-state index contributed by atoms with van der Waals surface area (Å²) in [5.41, 5.74) is 6.79. The summed E-state index contributed by atoms with van der Waals surface area (Å²) in [4.78, 5) is 32.3. The van der Waals surface area contributed by atoms with E-state index in [1.54, 1.807) is 4.90 Å². The molecule has 1 aromatic carbocycles. The molecule has 0 aliphatic carbocycles. The van der Waals surface area contributed by atoms with Crippen molar-refractivity contribution < 1.29 is 9.59 Å². The van der Waals surface area contributed by atoms with E-state index in [1.165, 1.54) is 23.1 Å². The van der Waals surface area contributed by atoms with Crippen LogP contribution >= 0.6 is 23.1 Å². The molecule has 1 amide bonds. The Balaban J connectivity index is 1.60. The third kappa shape index (κ3) is 3.25. The van der Waals surface area contributed by atoms with Crippen LogP contribution in [0.25, 0.3) is 0 Å². The minimum absolute atomic E-state index is 0.00484. The number of hydrogen-bond donors (Lipinski definition) is 2. The Morgan fingerprint density at radius 1 is 1.28 bits per heavy atom. The summed E-state index contributed by atoms with van der Waals surface area (Å²) >= 11 is 2.73. The third-order valence-electron chi connectivity index (χ3n) is 4.07. The van der Waals surface area contributed by atoms with Gasteiger partial charge in [-0.15, -0.1) is 11.3 Å². The van der Waals surface area contributed by atoms with Crippen molar-refractivity contribution in [2.75, 3.05) is 17.2 Å². The average Bonchev–Trinajstić information content (AvgIpc) is 3.32. The predicted octanol–water partition coefficient (Wildman–Crippen LogP) is 2.12. The minimum atomic E-state index is -0.285. The van der Waals surface area contributed by atoms with Gasteiger partial charge in [0, 0.05) is 6.54 Å². The van der Waals surface area contributed by atoms with Crippen LogP contribution in [-0.4, -0.2) is 35.3 Å². The van der Waals surface area contributed by atoms with E-state index in [9.17, 15) is 9.59 Å². The second kappa shape index (κ2) is 7.09. The molecule has 2 aromatic rings. The Kier molecular flexibility index (Phi) is 4.67. The number of hydrazine groups is 1. The van der Waals surface area contributed by atoms with E-state index in [0.29, 0.717) is 11.7 Å². The van der Waals surface area contributed by atoms with Gasteiger partial charge in [-0.05, 0) is 23.6 Å². The fourth-order valence-electron chi connectivity index (χ4n) is 2.82. The fourth-order valence-corrected chi connectivity index (χ4v) is 4.51. The van der Waals surface area contributed by atoms with E-state index < -0.39 is 0 Å². The number of carbonyl (C=O) groups excluding carboxylic acids is 2. The Morgan fingerprint density at radius 3 is 2.88 bits per heavy atom. The summed E-state index contributed by atoms with van der Waals surface area (Å²) in [6.07, 6.45) is -0.285. The molecule has 8 heteroatoms. The lowest BCUT2D eigenvalue weighted by Gasteiger charge is -2.32. The summed E-state index contributed by atoms with van der Waals surface area (Å²) in [6.45, 7) is 0.544. The largest absolute Gasteiger partial charge is 0.292 e. The first-order chi connectivity index (χ1) is 12.2. The second-order valence-electron chi connectivity index (χ2n) is 5.69. The number of thioether (sulfide) groups is 1. The van der Waals surface area contributed by atoms with Crippen LogP contribution in [0.15, 0.2) is 52.8 Å². The van der Waals surface area contributed by atoms with Crippen molar-refractivity contribution in [3.63, 3.8) is 0 Å². The maximum absolute atomic E-state index is 13.0. The molecule has 1 aromatic heterocycles. The molecule has 25 heavy (non-hydrogen) atoms. The van der Waals surface area contributed by atoms with Crippen molar-refractivity contribution in [2.24, 2.45) is 10.9 Å². The van der Waals surface area contributed by atoms with Gasteiger partial charge in [0.2, 0.25) is 5.91 Å². The third-order valence-corrected chi connectivity index (χ3v) is 5.94. The molecule has 2 aliphatic heterocycles. The van der Waals surface area contributed by atoms with Gasteiger partial charge in [-0.25, -0.2) is 10.4 Å². The smallest absolute Gasteiger partial charge is 0.241 e. The highest BCUT2D eigenvalue weighted by atomic mass is 32.2. The number of carbonyl (C=O) groups is 2. The van der Waals surface area contributed by atoms with Crippen LogP contribution in [0.3, 0.4) is 0 Å². The fraction of sp³-hybridized carbons (Fsp3) is 0.235. The molecule has 1 saturated heterocycles. The monoisotopic (exact) mass is 372 g/mol. The number of benzene rings is 1. The van der Waals surface area contributed by atoms with Crippen LogP contribution in [0.2, 0.25) is 0 Å². The quantitative estimate of drug-likeness (QED) is 0.805. The number of para-hydroxylation sites is 1. The first-order valence-electron chi connectivity index (χ1n) is 7.89. The van der Waals surface area contributed by atoms with Crippen LogP contribution in [0.4, 0.5) is 5.69 Å². The molecule has 0 radical (unpaired) electrons.